The van der Waals surface area contributed by atoms with E-state index < -0.39 is 17.9 Å². The van der Waals surface area contributed by atoms with Crippen LogP contribution in [0.15, 0.2) is 24.3 Å². The van der Waals surface area contributed by atoms with Gasteiger partial charge in [0, 0.05) is 11.1 Å². The number of hydrogen-bond acceptors (Lipinski definition) is 5. The van der Waals surface area contributed by atoms with Gasteiger partial charge in [-0.05, 0) is 24.1 Å². The van der Waals surface area contributed by atoms with Crippen molar-refractivity contribution in [3.8, 4) is 0 Å². The molecule has 1 heterocycles. The number of nitrogens with one attached hydrogen (secondary N) is 2. The van der Waals surface area contributed by atoms with Crippen LogP contribution in [0.2, 0.25) is 10.0 Å². The van der Waals surface area contributed by atoms with E-state index in [0.717, 1.165) is 6.07 Å². The molecule has 0 aliphatic heterocycles. The number of hydrogen-bond donors (Lipinski definition) is 3. The number of aromatic nitrogens is 2. The number of nitrogens with zero attached hydrogens (tertiary/aromatic N) is 2. The Balaban J connectivity index is 2.39. The van der Waals surface area contributed by atoms with Crippen LogP contribution in [-0.2, 0) is 6.18 Å². The Morgan fingerprint density at radius 1 is 1.15 bits per heavy atom. The van der Waals surface area contributed by atoms with Gasteiger partial charge in [0.05, 0.1) is 23.4 Å². The molecule has 0 fully saturated rings. The molecule has 0 amide bonds. The first-order valence-corrected chi connectivity index (χ1v) is 8.41. The molecule has 1 atom stereocenters. The predicted molar refractivity (Wildman–Crippen MR) is 96.1 cm³/mol. The van der Waals surface area contributed by atoms with Gasteiger partial charge in [0.15, 0.2) is 5.69 Å². The van der Waals surface area contributed by atoms with Gasteiger partial charge in [0.1, 0.15) is 5.82 Å². The second kappa shape index (κ2) is 8.28. The maximum atomic E-state index is 13.2. The average molecular weight is 409 g/mol. The Morgan fingerprint density at radius 3 is 2.38 bits per heavy atom. The highest BCUT2D eigenvalue weighted by atomic mass is 35.5. The molecule has 10 heteroatoms. The molecule has 2 aromatic rings. The molecule has 1 aromatic heterocycles. The zero-order valence-electron chi connectivity index (χ0n) is 13.9. The molecule has 5 nitrogen and oxygen atoms in total. The Morgan fingerprint density at radius 2 is 1.85 bits per heavy atom. The van der Waals surface area contributed by atoms with Crippen molar-refractivity contribution in [2.24, 2.45) is 5.92 Å². The van der Waals surface area contributed by atoms with Gasteiger partial charge < -0.3 is 15.7 Å². The minimum absolute atomic E-state index is 0.0414. The summed E-state index contributed by atoms with van der Waals surface area (Å²) in [6.45, 7) is 3.35. The second-order valence-electron chi connectivity index (χ2n) is 5.89. The normalized spacial score (nSPS) is 13.0. The minimum Gasteiger partial charge on any atom is -0.394 e. The van der Waals surface area contributed by atoms with Crippen molar-refractivity contribution in [1.29, 1.82) is 0 Å². The fraction of sp³-hybridized carbons (Fsp3) is 0.375. The van der Waals surface area contributed by atoms with Crippen LogP contribution in [-0.4, -0.2) is 27.7 Å². The van der Waals surface area contributed by atoms with Crippen LogP contribution in [0.5, 0.6) is 0 Å². The monoisotopic (exact) mass is 408 g/mol. The summed E-state index contributed by atoms with van der Waals surface area (Å²) in [6, 6.07) is 4.81. The van der Waals surface area contributed by atoms with E-state index in [9.17, 15) is 18.3 Å². The standard InChI is InChI=1S/C16H17Cl2F3N4O/c1-8(2)12(7-26)23-15-24-13(16(19,20)21)6-14(25-15)22-11-4-3-9(17)5-10(11)18/h3-6,8,12,26H,7H2,1-2H3,(H2,22,23,24,25)/t12-/m1/s1. The Kier molecular flexibility index (Phi) is 6.54. The summed E-state index contributed by atoms with van der Waals surface area (Å²) in [6.07, 6.45) is -4.66. The number of rotatable bonds is 6. The number of benzene rings is 1. The number of aliphatic hydroxyl groups is 1. The zero-order valence-corrected chi connectivity index (χ0v) is 15.4. The lowest BCUT2D eigenvalue weighted by Crippen LogP contribution is -2.30. The van der Waals surface area contributed by atoms with E-state index in [4.69, 9.17) is 23.2 Å². The molecular formula is C16H17Cl2F3N4O. The van der Waals surface area contributed by atoms with Gasteiger partial charge in [0.2, 0.25) is 5.95 Å². The van der Waals surface area contributed by atoms with Crippen LogP contribution in [0.4, 0.5) is 30.6 Å². The third-order valence-electron chi connectivity index (χ3n) is 3.53. The van der Waals surface area contributed by atoms with E-state index in [1.54, 1.807) is 6.07 Å². The van der Waals surface area contributed by atoms with E-state index >= 15 is 0 Å². The van der Waals surface area contributed by atoms with Gasteiger partial charge >= 0.3 is 6.18 Å². The van der Waals surface area contributed by atoms with Crippen LogP contribution < -0.4 is 10.6 Å². The third-order valence-corrected chi connectivity index (χ3v) is 4.07. The van der Waals surface area contributed by atoms with Crippen LogP contribution >= 0.6 is 23.2 Å². The fourth-order valence-electron chi connectivity index (χ4n) is 2.04. The summed E-state index contributed by atoms with van der Waals surface area (Å²) in [7, 11) is 0. The smallest absolute Gasteiger partial charge is 0.394 e. The Bertz CT molecular complexity index is 772. The lowest BCUT2D eigenvalue weighted by atomic mass is 10.1. The van der Waals surface area contributed by atoms with Crippen molar-refractivity contribution in [1.82, 2.24) is 9.97 Å². The number of halogens is 5. The SMILES string of the molecule is CC(C)[C@@H](CO)Nc1nc(Nc2ccc(Cl)cc2Cl)cc(C(F)(F)F)n1. The molecule has 0 unspecified atom stereocenters. The van der Waals surface area contributed by atoms with E-state index in [0.29, 0.717) is 10.7 Å². The maximum Gasteiger partial charge on any atom is 0.433 e. The highest BCUT2D eigenvalue weighted by molar-refractivity contribution is 6.36. The summed E-state index contributed by atoms with van der Waals surface area (Å²) < 4.78 is 39.5. The Labute approximate surface area is 158 Å². The van der Waals surface area contributed by atoms with Gasteiger partial charge in [-0.15, -0.1) is 0 Å². The molecular weight excluding hydrogens is 392 g/mol. The van der Waals surface area contributed by atoms with Crippen molar-refractivity contribution in [2.75, 3.05) is 17.2 Å². The van der Waals surface area contributed by atoms with Crippen molar-refractivity contribution in [3.05, 3.63) is 40.0 Å². The van der Waals surface area contributed by atoms with Crippen LogP contribution in [0.1, 0.15) is 19.5 Å². The van der Waals surface area contributed by atoms with Crippen LogP contribution in [0, 0.1) is 5.92 Å². The van der Waals surface area contributed by atoms with E-state index in [1.165, 1.54) is 12.1 Å². The topological polar surface area (TPSA) is 70.1 Å². The maximum absolute atomic E-state index is 13.2. The van der Waals surface area contributed by atoms with Crippen molar-refractivity contribution in [2.45, 2.75) is 26.1 Å². The molecule has 0 bridgehead atoms. The first-order valence-electron chi connectivity index (χ1n) is 7.66. The van der Waals surface area contributed by atoms with Crippen LogP contribution in [0.3, 0.4) is 0 Å². The predicted octanol–water partition coefficient (Wildman–Crippen LogP) is 4.97. The third kappa shape index (κ3) is 5.36. The fourth-order valence-corrected chi connectivity index (χ4v) is 2.49. The second-order valence-corrected chi connectivity index (χ2v) is 6.73. The van der Waals surface area contributed by atoms with Gasteiger partial charge in [-0.2, -0.15) is 18.2 Å². The summed E-state index contributed by atoms with van der Waals surface area (Å²) in [5, 5.41) is 15.4. The minimum atomic E-state index is -4.66. The summed E-state index contributed by atoms with van der Waals surface area (Å²) >= 11 is 11.8. The molecule has 2 rings (SSSR count). The van der Waals surface area contributed by atoms with Gasteiger partial charge in [-0.1, -0.05) is 37.0 Å². The van der Waals surface area contributed by atoms with Gasteiger partial charge in [0.25, 0.3) is 0 Å². The van der Waals surface area contributed by atoms with E-state index in [2.05, 4.69) is 20.6 Å². The largest absolute Gasteiger partial charge is 0.433 e. The molecule has 0 saturated carbocycles. The molecule has 0 saturated heterocycles. The quantitative estimate of drug-likeness (QED) is 0.628. The van der Waals surface area contributed by atoms with Gasteiger partial charge in [-0.3, -0.25) is 0 Å². The van der Waals surface area contributed by atoms with Crippen molar-refractivity contribution in [3.63, 3.8) is 0 Å². The van der Waals surface area contributed by atoms with E-state index in [-0.39, 0.29) is 29.3 Å². The molecule has 3 N–H and O–H groups in total. The number of anilines is 3. The van der Waals surface area contributed by atoms with Crippen molar-refractivity contribution < 1.29 is 18.3 Å². The molecule has 0 aliphatic rings. The summed E-state index contributed by atoms with van der Waals surface area (Å²) in [5.41, 5.74) is -0.778. The molecule has 26 heavy (non-hydrogen) atoms. The number of aliphatic hydroxyl groups excluding tert-OH is 1. The average Bonchev–Trinajstić information content (AvgIpc) is 2.54. The highest BCUT2D eigenvalue weighted by Crippen LogP contribution is 2.32. The molecule has 1 aromatic carbocycles. The summed E-state index contributed by atoms with van der Waals surface area (Å²) in [4.78, 5) is 7.54. The lowest BCUT2D eigenvalue weighted by molar-refractivity contribution is -0.141. The highest BCUT2D eigenvalue weighted by Gasteiger charge is 2.34. The van der Waals surface area contributed by atoms with E-state index in [1.807, 2.05) is 13.8 Å². The van der Waals surface area contributed by atoms with Gasteiger partial charge in [-0.25, -0.2) is 4.98 Å². The molecule has 0 spiro atoms. The zero-order chi connectivity index (χ0) is 19.5. The lowest BCUT2D eigenvalue weighted by Gasteiger charge is -2.21. The molecule has 0 radical (unpaired) electrons. The molecule has 142 valence electrons. The van der Waals surface area contributed by atoms with Crippen LogP contribution in [0.25, 0.3) is 0 Å². The first-order chi connectivity index (χ1) is 12.1. The first kappa shape index (κ1) is 20.5. The Hall–Kier alpha value is -1.77. The van der Waals surface area contributed by atoms with Crippen molar-refractivity contribution >= 4 is 40.7 Å². The number of alkyl halides is 3. The summed E-state index contributed by atoms with van der Waals surface area (Å²) in [5.74, 6) is -0.389. The molecule has 0 aliphatic carbocycles.